The molecule has 3 heterocycles. The van der Waals surface area contributed by atoms with Crippen LogP contribution in [0.3, 0.4) is 0 Å². The third-order valence-corrected chi connectivity index (χ3v) is 7.75. The second-order valence-corrected chi connectivity index (χ2v) is 10.4. The van der Waals surface area contributed by atoms with Crippen LogP contribution < -0.4 is 9.47 Å². The van der Waals surface area contributed by atoms with E-state index in [1.165, 1.54) is 18.7 Å². The van der Waals surface area contributed by atoms with Crippen molar-refractivity contribution < 1.29 is 23.8 Å². The third-order valence-electron chi connectivity index (χ3n) is 7.75. The lowest BCUT2D eigenvalue weighted by Gasteiger charge is -2.38. The van der Waals surface area contributed by atoms with E-state index in [0.29, 0.717) is 16.9 Å². The predicted molar refractivity (Wildman–Crippen MR) is 151 cm³/mol. The maximum absolute atomic E-state index is 13.8. The van der Waals surface area contributed by atoms with E-state index in [9.17, 15) is 15.1 Å². The monoisotopic (exact) mass is 534 g/mol. The second kappa shape index (κ2) is 10.2. The second-order valence-electron chi connectivity index (χ2n) is 10.4. The number of carbonyl (C=O) groups is 1. The smallest absolute Gasteiger partial charge is 0.232 e. The first kappa shape index (κ1) is 25.6. The van der Waals surface area contributed by atoms with Crippen LogP contribution in [-0.4, -0.2) is 29.6 Å². The van der Waals surface area contributed by atoms with E-state index in [2.05, 4.69) is 24.3 Å². The minimum Gasteiger partial charge on any atom is -0.618 e. The van der Waals surface area contributed by atoms with Crippen LogP contribution in [-0.2, 0) is 23.2 Å². The molecule has 1 amide bonds. The SMILES string of the molecule is COc1ccc2c(c1)CCN(C(=O)Cc1ccc3oc(C(C)(O)c4cccc[n+]4[O-])cc3c1)C2c1ccccc1. The number of hydrogen-bond acceptors (Lipinski definition) is 5. The Kier molecular flexibility index (Phi) is 6.52. The molecule has 2 aromatic heterocycles. The predicted octanol–water partition coefficient (Wildman–Crippen LogP) is 5.05. The Hall–Kier alpha value is -4.62. The van der Waals surface area contributed by atoms with Gasteiger partial charge in [-0.15, -0.1) is 0 Å². The van der Waals surface area contributed by atoms with Crippen molar-refractivity contribution in [3.63, 3.8) is 0 Å². The number of amides is 1. The average molecular weight is 535 g/mol. The Balaban J connectivity index is 1.29. The van der Waals surface area contributed by atoms with E-state index in [4.69, 9.17) is 9.15 Å². The van der Waals surface area contributed by atoms with Gasteiger partial charge in [-0.05, 0) is 72.0 Å². The summed E-state index contributed by atoms with van der Waals surface area (Å²) in [6.45, 7) is 2.14. The molecule has 7 nitrogen and oxygen atoms in total. The molecule has 3 aromatic carbocycles. The molecule has 2 atom stereocenters. The summed E-state index contributed by atoms with van der Waals surface area (Å²) in [5.74, 6) is 1.10. The summed E-state index contributed by atoms with van der Waals surface area (Å²) >= 11 is 0. The average Bonchev–Trinajstić information content (AvgIpc) is 3.41. The number of benzene rings is 3. The van der Waals surface area contributed by atoms with Crippen molar-refractivity contribution in [3.05, 3.63) is 136 Å². The number of ether oxygens (including phenoxy) is 1. The van der Waals surface area contributed by atoms with Crippen molar-refractivity contribution in [2.24, 2.45) is 0 Å². The number of rotatable bonds is 6. The van der Waals surface area contributed by atoms with E-state index in [1.54, 1.807) is 37.4 Å². The summed E-state index contributed by atoms with van der Waals surface area (Å²) in [5.41, 5.74) is 3.33. The minimum absolute atomic E-state index is 0.0297. The Labute approximate surface area is 232 Å². The highest BCUT2D eigenvalue weighted by Crippen LogP contribution is 2.37. The topological polar surface area (TPSA) is 89.8 Å². The Bertz CT molecular complexity index is 1690. The summed E-state index contributed by atoms with van der Waals surface area (Å²) in [6, 6.07) is 28.2. The van der Waals surface area contributed by atoms with E-state index in [-0.39, 0.29) is 29.8 Å². The number of nitrogens with zero attached hydrogens (tertiary/aromatic N) is 2. The molecular formula is C33H30N2O5. The molecule has 0 aliphatic carbocycles. The van der Waals surface area contributed by atoms with E-state index in [1.807, 2.05) is 41.3 Å². The first-order valence-corrected chi connectivity index (χ1v) is 13.3. The number of fused-ring (bicyclic) bond motifs is 2. The maximum atomic E-state index is 13.8. The number of methoxy groups -OCH3 is 1. The number of aliphatic hydroxyl groups is 1. The zero-order valence-electron chi connectivity index (χ0n) is 22.4. The van der Waals surface area contributed by atoms with Gasteiger partial charge < -0.3 is 24.4 Å². The quantitative estimate of drug-likeness (QED) is 0.243. The van der Waals surface area contributed by atoms with Crippen LogP contribution in [0.4, 0.5) is 0 Å². The van der Waals surface area contributed by atoms with Crippen LogP contribution in [0.2, 0.25) is 0 Å². The molecule has 6 rings (SSSR count). The fourth-order valence-corrected chi connectivity index (χ4v) is 5.64. The molecule has 202 valence electrons. The summed E-state index contributed by atoms with van der Waals surface area (Å²) in [4.78, 5) is 15.8. The molecule has 40 heavy (non-hydrogen) atoms. The van der Waals surface area contributed by atoms with E-state index >= 15 is 0 Å². The molecule has 0 radical (unpaired) electrons. The molecule has 5 aromatic rings. The highest BCUT2D eigenvalue weighted by atomic mass is 16.5. The largest absolute Gasteiger partial charge is 0.618 e. The van der Waals surface area contributed by atoms with Gasteiger partial charge in [-0.25, -0.2) is 0 Å². The summed E-state index contributed by atoms with van der Waals surface area (Å²) in [7, 11) is 1.66. The Morgan fingerprint density at radius 2 is 1.88 bits per heavy atom. The number of carbonyl (C=O) groups excluding carboxylic acids is 1. The van der Waals surface area contributed by atoms with Crippen LogP contribution in [0.15, 0.2) is 102 Å². The Morgan fingerprint density at radius 1 is 1.07 bits per heavy atom. The highest BCUT2D eigenvalue weighted by Gasteiger charge is 2.37. The molecule has 0 bridgehead atoms. The molecule has 0 fully saturated rings. The zero-order valence-corrected chi connectivity index (χ0v) is 22.4. The van der Waals surface area contributed by atoms with Crippen molar-refractivity contribution in [3.8, 4) is 5.75 Å². The number of pyridine rings is 1. The van der Waals surface area contributed by atoms with Crippen molar-refractivity contribution in [1.82, 2.24) is 4.90 Å². The fourth-order valence-electron chi connectivity index (χ4n) is 5.64. The van der Waals surface area contributed by atoms with Gasteiger partial charge in [0, 0.05) is 24.1 Å². The standard InChI is InChI=1S/C33H30N2O5/c1-33(37,29-10-6-7-16-35(29)38)30-21-25-18-22(11-14-28(25)40-30)19-31(36)34-17-15-24-20-26(39-2)12-13-27(24)32(34)23-8-4-3-5-9-23/h3-14,16,18,20-21,32,37H,15,17,19H2,1-2H3. The van der Waals surface area contributed by atoms with Crippen LogP contribution in [0.1, 0.15) is 46.7 Å². The summed E-state index contributed by atoms with van der Waals surface area (Å²) in [6.07, 6.45) is 2.31. The Morgan fingerprint density at radius 3 is 2.65 bits per heavy atom. The normalized spacial score (nSPS) is 16.4. The van der Waals surface area contributed by atoms with Gasteiger partial charge in [-0.3, -0.25) is 4.79 Å². The van der Waals surface area contributed by atoms with Gasteiger partial charge in [0.15, 0.2) is 6.20 Å². The van der Waals surface area contributed by atoms with Crippen molar-refractivity contribution >= 4 is 16.9 Å². The molecule has 0 saturated carbocycles. The molecule has 0 saturated heterocycles. The lowest BCUT2D eigenvalue weighted by atomic mass is 9.87. The molecule has 1 aliphatic rings. The number of furan rings is 1. The minimum atomic E-state index is -1.62. The lowest BCUT2D eigenvalue weighted by molar-refractivity contribution is -0.621. The first-order valence-electron chi connectivity index (χ1n) is 13.3. The molecule has 2 unspecified atom stereocenters. The number of hydrogen-bond donors (Lipinski definition) is 1. The molecule has 0 spiro atoms. The number of aromatic nitrogens is 1. The first-order chi connectivity index (χ1) is 19.3. The highest BCUT2D eigenvalue weighted by molar-refractivity contribution is 5.84. The van der Waals surface area contributed by atoms with Gasteiger partial charge >= 0.3 is 0 Å². The van der Waals surface area contributed by atoms with Crippen LogP contribution in [0.25, 0.3) is 11.0 Å². The van der Waals surface area contributed by atoms with E-state index < -0.39 is 5.60 Å². The molecule has 1 aliphatic heterocycles. The van der Waals surface area contributed by atoms with E-state index in [0.717, 1.165) is 34.2 Å². The lowest BCUT2D eigenvalue weighted by Crippen LogP contribution is -2.41. The summed E-state index contributed by atoms with van der Waals surface area (Å²) < 4.78 is 12.0. The maximum Gasteiger partial charge on any atom is 0.232 e. The van der Waals surface area contributed by atoms with Crippen LogP contribution >= 0.6 is 0 Å². The fraction of sp³-hybridized carbons (Fsp3) is 0.212. The van der Waals surface area contributed by atoms with Crippen LogP contribution in [0, 0.1) is 5.21 Å². The van der Waals surface area contributed by atoms with Gasteiger partial charge in [-0.1, -0.05) is 42.5 Å². The molecule has 7 heteroatoms. The van der Waals surface area contributed by atoms with Crippen molar-refractivity contribution in [2.45, 2.75) is 31.4 Å². The van der Waals surface area contributed by atoms with Crippen molar-refractivity contribution in [2.75, 3.05) is 13.7 Å². The van der Waals surface area contributed by atoms with Gasteiger partial charge in [0.2, 0.25) is 17.2 Å². The molecular weight excluding hydrogens is 504 g/mol. The van der Waals surface area contributed by atoms with Gasteiger partial charge in [0.05, 0.1) is 19.6 Å². The van der Waals surface area contributed by atoms with Gasteiger partial charge in [0.25, 0.3) is 0 Å². The molecule has 1 N–H and O–H groups in total. The zero-order chi connectivity index (χ0) is 27.9. The van der Waals surface area contributed by atoms with Gasteiger partial charge in [0.1, 0.15) is 17.1 Å². The third kappa shape index (κ3) is 4.58. The van der Waals surface area contributed by atoms with Gasteiger partial charge in [-0.2, -0.15) is 4.73 Å². The van der Waals surface area contributed by atoms with Crippen molar-refractivity contribution in [1.29, 1.82) is 0 Å². The summed E-state index contributed by atoms with van der Waals surface area (Å²) in [5, 5.41) is 24.2. The van der Waals surface area contributed by atoms with Crippen LogP contribution in [0.5, 0.6) is 5.75 Å².